The highest BCUT2D eigenvalue weighted by molar-refractivity contribution is 6.31. The van der Waals surface area contributed by atoms with Gasteiger partial charge in [0, 0.05) is 23.5 Å². The van der Waals surface area contributed by atoms with Crippen LogP contribution in [0.2, 0.25) is 5.02 Å². The van der Waals surface area contributed by atoms with E-state index >= 15 is 0 Å². The number of halogens is 1. The maximum Gasteiger partial charge on any atom is 0.273 e. The predicted molar refractivity (Wildman–Crippen MR) is 123 cm³/mol. The second-order valence-corrected chi connectivity index (χ2v) is 10.4. The number of fused-ring (bicyclic) bond motifs is 1. The highest BCUT2D eigenvalue weighted by atomic mass is 35.5. The van der Waals surface area contributed by atoms with Gasteiger partial charge in [-0.25, -0.2) is 0 Å². The SMILES string of the molecule is CC(C)CCNC(=O)[C@]1(C)Cn2nc(C(C)(C)C)cc2C(=O)N1Cc1ccccc1Cl. The summed E-state index contributed by atoms with van der Waals surface area (Å²) in [6, 6.07) is 9.27. The molecule has 1 atom stereocenters. The van der Waals surface area contributed by atoms with Crippen LogP contribution in [-0.4, -0.2) is 38.6 Å². The van der Waals surface area contributed by atoms with Gasteiger partial charge in [0.2, 0.25) is 5.91 Å². The van der Waals surface area contributed by atoms with Crippen LogP contribution in [0.15, 0.2) is 30.3 Å². The molecular weight excluding hydrogens is 412 g/mol. The molecule has 0 spiro atoms. The van der Waals surface area contributed by atoms with Crippen LogP contribution in [0.1, 0.15) is 69.7 Å². The first kappa shape index (κ1) is 23.3. The summed E-state index contributed by atoms with van der Waals surface area (Å²) in [6.07, 6.45) is 0.876. The van der Waals surface area contributed by atoms with Crippen LogP contribution >= 0.6 is 11.6 Å². The molecular formula is C24H33ClN4O2. The molecule has 1 aliphatic heterocycles. The Bertz CT molecular complexity index is 976. The number of hydrogen-bond acceptors (Lipinski definition) is 3. The van der Waals surface area contributed by atoms with E-state index in [9.17, 15) is 9.59 Å². The van der Waals surface area contributed by atoms with Crippen molar-refractivity contribution in [3.05, 3.63) is 52.3 Å². The molecule has 1 aliphatic rings. The standard InChI is InChI=1S/C24H33ClN4O2/c1-16(2)11-12-26-22(31)24(6)15-29-19(13-20(27-29)23(3,4)5)21(30)28(24)14-17-9-7-8-10-18(17)25/h7-10,13,16H,11-12,14-15H2,1-6H3,(H,26,31)/t24-/m0/s1. The first-order valence-electron chi connectivity index (χ1n) is 10.9. The largest absolute Gasteiger partial charge is 0.354 e. The molecule has 0 unspecified atom stereocenters. The van der Waals surface area contributed by atoms with Crippen LogP contribution in [0.4, 0.5) is 0 Å². The highest BCUT2D eigenvalue weighted by Gasteiger charge is 2.48. The number of rotatable bonds is 6. The molecule has 31 heavy (non-hydrogen) atoms. The van der Waals surface area contributed by atoms with E-state index < -0.39 is 5.54 Å². The highest BCUT2D eigenvalue weighted by Crippen LogP contribution is 2.32. The van der Waals surface area contributed by atoms with Crippen molar-refractivity contribution in [1.82, 2.24) is 20.0 Å². The molecule has 2 heterocycles. The fourth-order valence-electron chi connectivity index (χ4n) is 3.72. The van der Waals surface area contributed by atoms with E-state index in [2.05, 4.69) is 45.0 Å². The van der Waals surface area contributed by atoms with Crippen LogP contribution in [0.5, 0.6) is 0 Å². The molecule has 1 aromatic carbocycles. The fourth-order valence-corrected chi connectivity index (χ4v) is 3.91. The second-order valence-electron chi connectivity index (χ2n) is 10.0. The number of nitrogens with one attached hydrogen (secondary N) is 1. The third-order valence-electron chi connectivity index (χ3n) is 5.85. The second kappa shape index (κ2) is 8.65. The summed E-state index contributed by atoms with van der Waals surface area (Å²) in [5.41, 5.74) is 0.861. The van der Waals surface area contributed by atoms with Crippen LogP contribution in [0.3, 0.4) is 0 Å². The monoisotopic (exact) mass is 444 g/mol. The fraction of sp³-hybridized carbons (Fsp3) is 0.542. The summed E-state index contributed by atoms with van der Waals surface area (Å²) >= 11 is 6.39. The average molecular weight is 445 g/mol. The third-order valence-corrected chi connectivity index (χ3v) is 6.22. The van der Waals surface area contributed by atoms with E-state index in [1.807, 2.05) is 31.2 Å². The van der Waals surface area contributed by atoms with Crippen molar-refractivity contribution in [3.63, 3.8) is 0 Å². The van der Waals surface area contributed by atoms with Crippen LogP contribution in [0.25, 0.3) is 0 Å². The van der Waals surface area contributed by atoms with E-state index in [1.54, 1.807) is 15.6 Å². The molecule has 2 aromatic rings. The van der Waals surface area contributed by atoms with Gasteiger partial charge in [-0.3, -0.25) is 14.3 Å². The summed E-state index contributed by atoms with van der Waals surface area (Å²) in [5.74, 6) is 0.0927. The van der Waals surface area contributed by atoms with Gasteiger partial charge in [-0.1, -0.05) is 64.4 Å². The summed E-state index contributed by atoms with van der Waals surface area (Å²) in [5, 5.41) is 8.29. The van der Waals surface area contributed by atoms with Crippen molar-refractivity contribution < 1.29 is 9.59 Å². The average Bonchev–Trinajstić information content (AvgIpc) is 3.10. The number of benzene rings is 1. The predicted octanol–water partition coefficient (Wildman–Crippen LogP) is 4.41. The minimum Gasteiger partial charge on any atom is -0.354 e. The number of carbonyl (C=O) groups is 2. The summed E-state index contributed by atoms with van der Waals surface area (Å²) in [7, 11) is 0. The first-order valence-corrected chi connectivity index (χ1v) is 11.2. The van der Waals surface area contributed by atoms with Gasteiger partial charge in [0.15, 0.2) is 0 Å². The Morgan fingerprint density at radius 1 is 1.29 bits per heavy atom. The normalized spacial score (nSPS) is 19.0. The van der Waals surface area contributed by atoms with E-state index in [0.29, 0.717) is 29.7 Å². The smallest absolute Gasteiger partial charge is 0.273 e. The van der Waals surface area contributed by atoms with Crippen molar-refractivity contribution in [2.75, 3.05) is 6.54 Å². The molecule has 2 amide bonds. The summed E-state index contributed by atoms with van der Waals surface area (Å²) in [4.78, 5) is 28.6. The van der Waals surface area contributed by atoms with Gasteiger partial charge in [0.05, 0.1) is 12.2 Å². The van der Waals surface area contributed by atoms with Gasteiger partial charge >= 0.3 is 0 Å². The number of hydrogen-bond donors (Lipinski definition) is 1. The van der Waals surface area contributed by atoms with Crippen molar-refractivity contribution >= 4 is 23.4 Å². The molecule has 0 saturated heterocycles. The summed E-state index contributed by atoms with van der Waals surface area (Å²) in [6.45, 7) is 13.3. The van der Waals surface area contributed by atoms with Gasteiger partial charge in [-0.2, -0.15) is 5.10 Å². The Kier molecular flexibility index (Phi) is 6.51. The van der Waals surface area contributed by atoms with E-state index in [1.165, 1.54) is 0 Å². The van der Waals surface area contributed by atoms with Crippen LogP contribution in [0, 0.1) is 5.92 Å². The number of amides is 2. The maximum atomic E-state index is 13.6. The maximum absolute atomic E-state index is 13.6. The minimum atomic E-state index is -1.08. The molecule has 0 fully saturated rings. The zero-order valence-electron chi connectivity index (χ0n) is 19.3. The molecule has 0 radical (unpaired) electrons. The Balaban J connectivity index is 2.00. The quantitative estimate of drug-likeness (QED) is 0.717. The molecule has 3 rings (SSSR count). The molecule has 6 nitrogen and oxygen atoms in total. The lowest BCUT2D eigenvalue weighted by atomic mass is 9.91. The van der Waals surface area contributed by atoms with Crippen molar-refractivity contribution in [2.45, 2.75) is 72.0 Å². The van der Waals surface area contributed by atoms with Crippen LogP contribution in [-0.2, 0) is 23.3 Å². The zero-order chi connectivity index (χ0) is 23.0. The number of carbonyl (C=O) groups excluding carboxylic acids is 2. The van der Waals surface area contributed by atoms with Gasteiger partial charge in [0.1, 0.15) is 11.2 Å². The van der Waals surface area contributed by atoms with Crippen molar-refractivity contribution in [3.8, 4) is 0 Å². The molecule has 1 N–H and O–H groups in total. The number of nitrogens with zero attached hydrogens (tertiary/aromatic N) is 3. The Morgan fingerprint density at radius 2 is 1.97 bits per heavy atom. The topological polar surface area (TPSA) is 67.2 Å². The molecule has 0 aliphatic carbocycles. The minimum absolute atomic E-state index is 0.174. The Labute approximate surface area is 190 Å². The van der Waals surface area contributed by atoms with Gasteiger partial charge < -0.3 is 10.2 Å². The molecule has 168 valence electrons. The molecule has 1 aromatic heterocycles. The van der Waals surface area contributed by atoms with Crippen molar-refractivity contribution in [2.24, 2.45) is 5.92 Å². The van der Waals surface area contributed by atoms with E-state index in [4.69, 9.17) is 11.6 Å². The Morgan fingerprint density at radius 3 is 2.58 bits per heavy atom. The van der Waals surface area contributed by atoms with Gasteiger partial charge in [-0.15, -0.1) is 0 Å². The first-order chi connectivity index (χ1) is 14.4. The third kappa shape index (κ3) is 4.79. The lowest BCUT2D eigenvalue weighted by Gasteiger charge is -2.43. The lowest BCUT2D eigenvalue weighted by Crippen LogP contribution is -2.63. The summed E-state index contributed by atoms with van der Waals surface area (Å²) < 4.78 is 1.69. The van der Waals surface area contributed by atoms with Gasteiger partial charge in [-0.05, 0) is 37.0 Å². The van der Waals surface area contributed by atoms with E-state index in [0.717, 1.165) is 17.7 Å². The molecule has 7 heteroatoms. The zero-order valence-corrected chi connectivity index (χ0v) is 20.1. The molecule has 0 bridgehead atoms. The molecule has 0 saturated carbocycles. The van der Waals surface area contributed by atoms with E-state index in [-0.39, 0.29) is 23.8 Å². The lowest BCUT2D eigenvalue weighted by molar-refractivity contribution is -0.133. The van der Waals surface area contributed by atoms with Crippen molar-refractivity contribution in [1.29, 1.82) is 0 Å². The van der Waals surface area contributed by atoms with Gasteiger partial charge in [0.25, 0.3) is 5.91 Å². The number of aromatic nitrogens is 2. The van der Waals surface area contributed by atoms with Crippen LogP contribution < -0.4 is 5.32 Å². The Hall–Kier alpha value is -2.34.